The van der Waals surface area contributed by atoms with Crippen molar-refractivity contribution >= 4 is 17.8 Å². The smallest absolute Gasteiger partial charge is 0.341 e. The lowest BCUT2D eigenvalue weighted by Gasteiger charge is -2.34. The molecule has 1 aliphatic rings. The highest BCUT2D eigenvalue weighted by molar-refractivity contribution is 5.98. The number of benzene rings is 1. The minimum absolute atomic E-state index is 0.150. The van der Waals surface area contributed by atoms with Gasteiger partial charge in [-0.15, -0.1) is 0 Å². The van der Waals surface area contributed by atoms with Crippen molar-refractivity contribution in [2.75, 3.05) is 20.2 Å². The van der Waals surface area contributed by atoms with Gasteiger partial charge in [0.1, 0.15) is 11.8 Å². The molecule has 0 saturated carbocycles. The van der Waals surface area contributed by atoms with Gasteiger partial charge in [0.25, 0.3) is 5.91 Å². The maximum atomic E-state index is 12.9. The number of carbonyl (C=O) groups excluding carboxylic acids is 2. The number of aliphatic carboxylic acids is 1. The molecule has 1 aromatic rings. The molecule has 25 heavy (non-hydrogen) atoms. The first-order valence-electron chi connectivity index (χ1n) is 8.33. The van der Waals surface area contributed by atoms with Crippen molar-refractivity contribution in [3.63, 3.8) is 0 Å². The van der Waals surface area contributed by atoms with Gasteiger partial charge < -0.3 is 20.1 Å². The van der Waals surface area contributed by atoms with Crippen molar-refractivity contribution in [3.8, 4) is 5.75 Å². The Balaban J connectivity index is 2.26. The Hall–Kier alpha value is -2.57. The summed E-state index contributed by atoms with van der Waals surface area (Å²) >= 11 is 0. The summed E-state index contributed by atoms with van der Waals surface area (Å²) in [5.41, 5.74) is 1.87. The Kier molecular flexibility index (Phi) is 6.01. The van der Waals surface area contributed by atoms with E-state index in [0.29, 0.717) is 35.4 Å². The van der Waals surface area contributed by atoms with Crippen molar-refractivity contribution in [1.29, 1.82) is 0 Å². The van der Waals surface area contributed by atoms with E-state index >= 15 is 0 Å². The van der Waals surface area contributed by atoms with Crippen molar-refractivity contribution in [3.05, 3.63) is 28.8 Å². The Labute approximate surface area is 147 Å². The van der Waals surface area contributed by atoms with Gasteiger partial charge in [-0.1, -0.05) is 0 Å². The van der Waals surface area contributed by atoms with Crippen LogP contribution in [0.1, 0.15) is 40.7 Å². The van der Waals surface area contributed by atoms with E-state index < -0.39 is 18.6 Å². The van der Waals surface area contributed by atoms with Gasteiger partial charge in [0.05, 0.1) is 0 Å². The molecule has 136 valence electrons. The number of aryl methyl sites for hydroxylation is 2. The molecule has 1 heterocycles. The summed E-state index contributed by atoms with van der Waals surface area (Å²) in [5, 5.41) is 11.4. The second-order valence-electron chi connectivity index (χ2n) is 6.25. The lowest BCUT2D eigenvalue weighted by Crippen LogP contribution is -2.51. The normalized spacial score (nSPS) is 17.1. The number of rotatable bonds is 5. The molecule has 2 amide bonds. The molecule has 2 rings (SSSR count). The molecule has 1 fully saturated rings. The van der Waals surface area contributed by atoms with E-state index in [9.17, 15) is 14.4 Å². The number of likely N-dealkylation sites (N-methyl/N-ethyl adjacent to an activating group) is 1. The lowest BCUT2D eigenvalue weighted by molar-refractivity contribution is -0.139. The molecule has 0 spiro atoms. The van der Waals surface area contributed by atoms with E-state index in [4.69, 9.17) is 9.84 Å². The molecular weight excluding hydrogens is 324 g/mol. The highest BCUT2D eigenvalue weighted by Crippen LogP contribution is 2.27. The summed E-state index contributed by atoms with van der Waals surface area (Å²) in [6, 6.07) is 2.92. The van der Waals surface area contributed by atoms with Crippen molar-refractivity contribution in [1.82, 2.24) is 10.2 Å². The van der Waals surface area contributed by atoms with Gasteiger partial charge in [-0.25, -0.2) is 4.79 Å². The number of carboxylic acid groups (broad SMARTS) is 1. The van der Waals surface area contributed by atoms with Crippen LogP contribution < -0.4 is 10.1 Å². The predicted octanol–water partition coefficient (Wildman–Crippen LogP) is 1.51. The summed E-state index contributed by atoms with van der Waals surface area (Å²) in [5.74, 6) is -0.923. The molecular formula is C18H24N2O5. The molecule has 2 N–H and O–H groups in total. The number of nitrogens with one attached hydrogen (secondary N) is 1. The number of piperidine rings is 1. The molecule has 0 aromatic heterocycles. The third-order valence-electron chi connectivity index (χ3n) is 4.36. The van der Waals surface area contributed by atoms with E-state index in [1.165, 1.54) is 0 Å². The quantitative estimate of drug-likeness (QED) is 0.841. The van der Waals surface area contributed by atoms with Gasteiger partial charge in [0, 0.05) is 19.2 Å². The van der Waals surface area contributed by atoms with Crippen LogP contribution in [0.25, 0.3) is 0 Å². The SMILES string of the molecule is CNC(=O)[C@H]1CCCCN1C(=O)c1cc(C)c(OCC(=O)O)c(C)c1. The fourth-order valence-corrected chi connectivity index (χ4v) is 3.21. The van der Waals surface area contributed by atoms with Crippen LogP contribution >= 0.6 is 0 Å². The molecule has 1 aliphatic heterocycles. The number of nitrogens with zero attached hydrogens (tertiary/aromatic N) is 1. The molecule has 7 nitrogen and oxygen atoms in total. The number of amides is 2. The molecule has 0 unspecified atom stereocenters. The number of carbonyl (C=O) groups is 3. The number of ether oxygens (including phenoxy) is 1. The average molecular weight is 348 g/mol. The first kappa shape index (κ1) is 18.8. The third kappa shape index (κ3) is 4.29. The van der Waals surface area contributed by atoms with Gasteiger partial charge in [0.15, 0.2) is 6.61 Å². The van der Waals surface area contributed by atoms with Crippen LogP contribution in [0.4, 0.5) is 0 Å². The van der Waals surface area contributed by atoms with E-state index in [0.717, 1.165) is 12.8 Å². The zero-order chi connectivity index (χ0) is 18.6. The Morgan fingerprint density at radius 2 is 1.88 bits per heavy atom. The Morgan fingerprint density at radius 3 is 2.44 bits per heavy atom. The monoisotopic (exact) mass is 348 g/mol. The molecule has 0 bridgehead atoms. The Morgan fingerprint density at radius 1 is 1.24 bits per heavy atom. The van der Waals surface area contributed by atoms with Gasteiger partial charge in [-0.3, -0.25) is 9.59 Å². The molecule has 7 heteroatoms. The zero-order valence-electron chi connectivity index (χ0n) is 14.8. The maximum absolute atomic E-state index is 12.9. The van der Waals surface area contributed by atoms with Gasteiger partial charge >= 0.3 is 5.97 Å². The number of hydrogen-bond donors (Lipinski definition) is 2. The zero-order valence-corrected chi connectivity index (χ0v) is 14.8. The van der Waals surface area contributed by atoms with Crippen molar-refractivity contribution < 1.29 is 24.2 Å². The second kappa shape index (κ2) is 8.00. The minimum atomic E-state index is -1.05. The van der Waals surface area contributed by atoms with Crippen LogP contribution in [0.5, 0.6) is 5.75 Å². The molecule has 0 aliphatic carbocycles. The van der Waals surface area contributed by atoms with Gasteiger partial charge in [-0.05, 0) is 56.4 Å². The summed E-state index contributed by atoms with van der Waals surface area (Å²) in [7, 11) is 1.57. The molecule has 1 saturated heterocycles. The van der Waals surface area contributed by atoms with Crippen LogP contribution in [-0.2, 0) is 9.59 Å². The standard InChI is InChI=1S/C18H24N2O5/c1-11-8-13(9-12(2)16(11)25-10-15(21)22)18(24)20-7-5-4-6-14(20)17(23)19-3/h8-9,14H,4-7,10H2,1-3H3,(H,19,23)(H,21,22)/t14-/m1/s1. The average Bonchev–Trinajstić information content (AvgIpc) is 2.59. The van der Waals surface area contributed by atoms with Crippen LogP contribution in [-0.4, -0.2) is 54.0 Å². The maximum Gasteiger partial charge on any atom is 0.341 e. The second-order valence-corrected chi connectivity index (χ2v) is 6.25. The first-order valence-corrected chi connectivity index (χ1v) is 8.33. The summed E-state index contributed by atoms with van der Waals surface area (Å²) < 4.78 is 5.30. The molecule has 1 aromatic carbocycles. The van der Waals surface area contributed by atoms with Crippen molar-refractivity contribution in [2.45, 2.75) is 39.2 Å². The third-order valence-corrected chi connectivity index (χ3v) is 4.36. The van der Waals surface area contributed by atoms with E-state index in [2.05, 4.69) is 5.32 Å². The van der Waals surface area contributed by atoms with Gasteiger partial charge in [-0.2, -0.15) is 0 Å². The van der Waals surface area contributed by atoms with Crippen molar-refractivity contribution in [2.24, 2.45) is 0 Å². The Bertz CT molecular complexity index is 663. The van der Waals surface area contributed by atoms with E-state index in [1.807, 2.05) is 0 Å². The van der Waals surface area contributed by atoms with Crippen LogP contribution in [0.15, 0.2) is 12.1 Å². The van der Waals surface area contributed by atoms with Crippen LogP contribution in [0, 0.1) is 13.8 Å². The number of likely N-dealkylation sites (tertiary alicyclic amines) is 1. The minimum Gasteiger partial charge on any atom is -0.481 e. The van der Waals surface area contributed by atoms with E-state index in [-0.39, 0.29) is 11.8 Å². The molecule has 0 radical (unpaired) electrons. The largest absolute Gasteiger partial charge is 0.481 e. The fourth-order valence-electron chi connectivity index (χ4n) is 3.21. The number of hydrogen-bond acceptors (Lipinski definition) is 4. The first-order chi connectivity index (χ1) is 11.8. The van der Waals surface area contributed by atoms with E-state index in [1.54, 1.807) is 37.9 Å². The lowest BCUT2D eigenvalue weighted by atomic mass is 9.98. The predicted molar refractivity (Wildman–Crippen MR) is 91.8 cm³/mol. The van der Waals surface area contributed by atoms with Gasteiger partial charge in [0.2, 0.25) is 5.91 Å². The molecule has 1 atom stereocenters. The highest BCUT2D eigenvalue weighted by Gasteiger charge is 2.32. The summed E-state index contributed by atoms with van der Waals surface area (Å²) in [6.45, 7) is 3.66. The van der Waals surface area contributed by atoms with Crippen LogP contribution in [0.3, 0.4) is 0 Å². The summed E-state index contributed by atoms with van der Waals surface area (Å²) in [6.07, 6.45) is 2.45. The fraction of sp³-hybridized carbons (Fsp3) is 0.500. The highest BCUT2D eigenvalue weighted by atomic mass is 16.5. The number of carboxylic acids is 1. The van der Waals surface area contributed by atoms with Crippen LogP contribution in [0.2, 0.25) is 0 Å². The summed E-state index contributed by atoms with van der Waals surface area (Å²) in [4.78, 5) is 37.3. The topological polar surface area (TPSA) is 95.9 Å².